The Morgan fingerprint density at radius 3 is 2.74 bits per heavy atom. The maximum Gasteiger partial charge on any atom is 0.123 e. The highest BCUT2D eigenvalue weighted by Gasteiger charge is 2.29. The van der Waals surface area contributed by atoms with Gasteiger partial charge in [-0.25, -0.2) is 4.39 Å². The van der Waals surface area contributed by atoms with Crippen LogP contribution >= 0.6 is 0 Å². The highest BCUT2D eigenvalue weighted by molar-refractivity contribution is 5.23. The lowest BCUT2D eigenvalue weighted by Gasteiger charge is -2.36. The summed E-state index contributed by atoms with van der Waals surface area (Å²) in [4.78, 5) is 0. The molecule has 0 unspecified atom stereocenters. The summed E-state index contributed by atoms with van der Waals surface area (Å²) >= 11 is 0. The topological polar surface area (TPSA) is 29.9 Å². The summed E-state index contributed by atoms with van der Waals surface area (Å²) in [5.41, 5.74) is 1.26. The third-order valence-corrected chi connectivity index (χ3v) is 3.81. The van der Waals surface area contributed by atoms with Crippen LogP contribution in [0.1, 0.15) is 24.3 Å². The van der Waals surface area contributed by atoms with E-state index in [1.165, 1.54) is 5.56 Å². The van der Waals surface area contributed by atoms with Gasteiger partial charge in [-0.15, -0.1) is 0 Å². The number of nitrogens with one attached hydrogen (secondary N) is 1. The minimum atomic E-state index is -0.156. The molecule has 1 heterocycles. The summed E-state index contributed by atoms with van der Waals surface area (Å²) in [6.45, 7) is 1.85. The third kappa shape index (κ3) is 3.01. The van der Waals surface area contributed by atoms with Crippen LogP contribution in [0, 0.1) is 5.82 Å². The highest BCUT2D eigenvalue weighted by Crippen LogP contribution is 2.36. The monoisotopic (exact) mass is 259 g/mol. The SMILES string of the molecule is Fc1ccc(C2CC(NCCn3cccn3)C2)cc1. The smallest absolute Gasteiger partial charge is 0.123 e. The first kappa shape index (κ1) is 12.4. The van der Waals surface area contributed by atoms with Crippen molar-refractivity contribution in [3.63, 3.8) is 0 Å². The molecule has 1 saturated carbocycles. The van der Waals surface area contributed by atoms with E-state index < -0.39 is 0 Å². The summed E-state index contributed by atoms with van der Waals surface area (Å²) < 4.78 is 14.8. The fraction of sp³-hybridized carbons (Fsp3) is 0.400. The van der Waals surface area contributed by atoms with Gasteiger partial charge in [-0.2, -0.15) is 5.10 Å². The molecule has 0 aliphatic heterocycles. The van der Waals surface area contributed by atoms with Gasteiger partial charge in [0, 0.05) is 25.0 Å². The van der Waals surface area contributed by atoms with Gasteiger partial charge in [0.25, 0.3) is 0 Å². The summed E-state index contributed by atoms with van der Waals surface area (Å²) in [6, 6.07) is 9.43. The largest absolute Gasteiger partial charge is 0.312 e. The first-order valence-corrected chi connectivity index (χ1v) is 6.77. The molecule has 1 fully saturated rings. The minimum absolute atomic E-state index is 0.156. The van der Waals surface area contributed by atoms with E-state index in [4.69, 9.17) is 0 Å². The molecule has 3 rings (SSSR count). The van der Waals surface area contributed by atoms with Crippen molar-refractivity contribution in [1.29, 1.82) is 0 Å². The molecular weight excluding hydrogens is 241 g/mol. The molecule has 0 radical (unpaired) electrons. The molecule has 100 valence electrons. The molecule has 2 aromatic rings. The molecule has 1 aliphatic rings. The Morgan fingerprint density at radius 1 is 1.26 bits per heavy atom. The normalized spacial score (nSPS) is 22.2. The van der Waals surface area contributed by atoms with Crippen molar-refractivity contribution >= 4 is 0 Å². The summed E-state index contributed by atoms with van der Waals surface area (Å²) in [7, 11) is 0. The van der Waals surface area contributed by atoms with Gasteiger partial charge >= 0.3 is 0 Å². The Balaban J connectivity index is 1.39. The summed E-state index contributed by atoms with van der Waals surface area (Å²) in [5.74, 6) is 0.430. The average Bonchev–Trinajstić information content (AvgIpc) is 2.87. The molecule has 1 aromatic heterocycles. The van der Waals surface area contributed by atoms with Crippen molar-refractivity contribution in [2.75, 3.05) is 6.54 Å². The van der Waals surface area contributed by atoms with Gasteiger partial charge in [0.15, 0.2) is 0 Å². The van der Waals surface area contributed by atoms with Gasteiger partial charge in [-0.1, -0.05) is 12.1 Å². The van der Waals surface area contributed by atoms with Crippen molar-refractivity contribution in [3.05, 3.63) is 54.1 Å². The zero-order valence-corrected chi connectivity index (χ0v) is 10.8. The molecule has 1 aliphatic carbocycles. The number of benzene rings is 1. The van der Waals surface area contributed by atoms with Crippen molar-refractivity contribution in [2.24, 2.45) is 0 Å². The van der Waals surface area contributed by atoms with Gasteiger partial charge in [-0.3, -0.25) is 4.68 Å². The van der Waals surface area contributed by atoms with E-state index in [-0.39, 0.29) is 5.82 Å². The molecule has 19 heavy (non-hydrogen) atoms. The Kier molecular flexibility index (Phi) is 3.60. The van der Waals surface area contributed by atoms with Gasteiger partial charge in [0.1, 0.15) is 5.82 Å². The van der Waals surface area contributed by atoms with Crippen molar-refractivity contribution in [2.45, 2.75) is 31.3 Å². The van der Waals surface area contributed by atoms with Gasteiger partial charge < -0.3 is 5.32 Å². The second-order valence-electron chi connectivity index (χ2n) is 5.14. The van der Waals surface area contributed by atoms with E-state index in [9.17, 15) is 4.39 Å². The predicted octanol–water partition coefficient (Wildman–Crippen LogP) is 2.56. The molecule has 1 N–H and O–H groups in total. The molecule has 0 bridgehead atoms. The van der Waals surface area contributed by atoms with E-state index in [2.05, 4.69) is 10.4 Å². The number of aromatic nitrogens is 2. The van der Waals surface area contributed by atoms with Crippen LogP contribution in [0.5, 0.6) is 0 Å². The molecular formula is C15H18FN3. The standard InChI is InChI=1S/C15H18FN3/c16-14-4-2-12(3-5-14)13-10-15(11-13)17-7-9-19-8-1-6-18-19/h1-6,8,13,15,17H,7,9-11H2. The zero-order valence-electron chi connectivity index (χ0n) is 10.8. The second kappa shape index (κ2) is 5.53. The van der Waals surface area contributed by atoms with Crippen LogP contribution in [-0.2, 0) is 6.54 Å². The average molecular weight is 259 g/mol. The first-order valence-electron chi connectivity index (χ1n) is 6.77. The van der Waals surface area contributed by atoms with Gasteiger partial charge in [0.2, 0.25) is 0 Å². The Bertz CT molecular complexity index is 501. The molecule has 0 amide bonds. The van der Waals surface area contributed by atoms with E-state index in [1.807, 2.05) is 29.1 Å². The maximum atomic E-state index is 12.8. The highest BCUT2D eigenvalue weighted by atomic mass is 19.1. The number of halogens is 1. The first-order chi connectivity index (χ1) is 9.31. The van der Waals surface area contributed by atoms with E-state index in [1.54, 1.807) is 18.3 Å². The third-order valence-electron chi connectivity index (χ3n) is 3.81. The maximum absolute atomic E-state index is 12.8. The Hall–Kier alpha value is -1.68. The van der Waals surface area contributed by atoms with Crippen molar-refractivity contribution in [3.8, 4) is 0 Å². The molecule has 0 saturated heterocycles. The van der Waals surface area contributed by atoms with E-state index in [0.717, 1.165) is 25.9 Å². The van der Waals surface area contributed by atoms with E-state index in [0.29, 0.717) is 12.0 Å². The van der Waals surface area contributed by atoms with Crippen molar-refractivity contribution in [1.82, 2.24) is 15.1 Å². The van der Waals surface area contributed by atoms with Crippen molar-refractivity contribution < 1.29 is 4.39 Å². The zero-order chi connectivity index (χ0) is 13.1. The molecule has 4 heteroatoms. The van der Waals surface area contributed by atoms with Crippen LogP contribution in [0.3, 0.4) is 0 Å². The second-order valence-corrected chi connectivity index (χ2v) is 5.14. The Morgan fingerprint density at radius 2 is 2.05 bits per heavy atom. The van der Waals surface area contributed by atoms with Crippen LogP contribution in [0.25, 0.3) is 0 Å². The van der Waals surface area contributed by atoms with Gasteiger partial charge in [0.05, 0.1) is 6.54 Å². The quantitative estimate of drug-likeness (QED) is 0.894. The van der Waals surface area contributed by atoms with Crippen LogP contribution in [0.4, 0.5) is 4.39 Å². The predicted molar refractivity (Wildman–Crippen MR) is 72.4 cm³/mol. The lowest BCUT2D eigenvalue weighted by Crippen LogP contribution is -2.41. The van der Waals surface area contributed by atoms with E-state index >= 15 is 0 Å². The van der Waals surface area contributed by atoms with Crippen LogP contribution in [0.2, 0.25) is 0 Å². The molecule has 1 aromatic carbocycles. The van der Waals surface area contributed by atoms with Crippen LogP contribution in [-0.4, -0.2) is 22.4 Å². The van der Waals surface area contributed by atoms with Crippen LogP contribution in [0.15, 0.2) is 42.7 Å². The fourth-order valence-corrected chi connectivity index (χ4v) is 2.61. The molecule has 3 nitrogen and oxygen atoms in total. The fourth-order valence-electron chi connectivity index (χ4n) is 2.61. The minimum Gasteiger partial charge on any atom is -0.312 e. The summed E-state index contributed by atoms with van der Waals surface area (Å²) in [6.07, 6.45) is 6.06. The molecule has 0 spiro atoms. The summed E-state index contributed by atoms with van der Waals surface area (Å²) in [5, 5.41) is 7.70. The number of rotatable bonds is 5. The number of nitrogens with zero attached hydrogens (tertiary/aromatic N) is 2. The lowest BCUT2D eigenvalue weighted by atomic mass is 9.76. The molecule has 0 atom stereocenters. The van der Waals surface area contributed by atoms with Crippen LogP contribution < -0.4 is 5.32 Å². The Labute approximate surface area is 112 Å². The number of hydrogen-bond donors (Lipinski definition) is 1. The number of hydrogen-bond acceptors (Lipinski definition) is 2. The van der Waals surface area contributed by atoms with Gasteiger partial charge in [-0.05, 0) is 42.5 Å². The lowest BCUT2D eigenvalue weighted by molar-refractivity contribution is 0.286.